The lowest BCUT2D eigenvalue weighted by Gasteiger charge is -2.17. The Hall–Kier alpha value is -0.760. The van der Waals surface area contributed by atoms with Crippen LogP contribution >= 0.6 is 0 Å². The topological polar surface area (TPSA) is 35.2 Å². The van der Waals surface area contributed by atoms with E-state index in [1.165, 1.54) is 5.57 Å². The number of allylic oxidation sites excluding steroid dienone is 2. The molecule has 0 spiro atoms. The Labute approximate surface area is 55.0 Å². The van der Waals surface area contributed by atoms with Gasteiger partial charge in [-0.25, -0.2) is 0 Å². The number of hydrogen-bond acceptors (Lipinski definition) is 2. The van der Waals surface area contributed by atoms with Gasteiger partial charge in [-0.1, -0.05) is 0 Å². The van der Waals surface area contributed by atoms with Crippen molar-refractivity contribution >= 4 is 0 Å². The summed E-state index contributed by atoms with van der Waals surface area (Å²) in [6.45, 7) is 4.00. The molecule has 0 aromatic heterocycles. The molecule has 1 heterocycles. The zero-order valence-electron chi connectivity index (χ0n) is 5.72. The van der Waals surface area contributed by atoms with E-state index in [0.29, 0.717) is 0 Å². The quantitative estimate of drug-likeness (QED) is 0.527. The Bertz CT molecular complexity index is 170. The first-order valence-corrected chi connectivity index (χ1v) is 2.97. The maximum absolute atomic E-state index is 5.54. The lowest BCUT2D eigenvalue weighted by atomic mass is 10.1. The summed E-state index contributed by atoms with van der Waals surface area (Å²) in [5.41, 5.74) is 7.85. The van der Waals surface area contributed by atoms with Crippen LogP contribution in [0.4, 0.5) is 0 Å². The molecule has 0 aliphatic carbocycles. The molecule has 9 heavy (non-hydrogen) atoms. The molecule has 0 aromatic carbocycles. The fourth-order valence-corrected chi connectivity index (χ4v) is 0.684. The van der Waals surface area contributed by atoms with Crippen LogP contribution in [0.1, 0.15) is 13.8 Å². The van der Waals surface area contributed by atoms with Crippen molar-refractivity contribution in [2.45, 2.75) is 20.1 Å². The maximum Gasteiger partial charge on any atom is 0.169 e. The van der Waals surface area contributed by atoms with Crippen molar-refractivity contribution in [3.63, 3.8) is 0 Å². The molecule has 2 heteroatoms. The number of nitrogens with two attached hydrogens (primary N) is 1. The van der Waals surface area contributed by atoms with Crippen LogP contribution in [0.2, 0.25) is 0 Å². The second kappa shape index (κ2) is 2.23. The van der Waals surface area contributed by atoms with Gasteiger partial charge in [0.1, 0.15) is 0 Å². The molecule has 2 N–H and O–H groups in total. The molecule has 1 aliphatic rings. The van der Waals surface area contributed by atoms with Crippen LogP contribution in [-0.2, 0) is 4.74 Å². The van der Waals surface area contributed by atoms with Crippen LogP contribution in [0.3, 0.4) is 0 Å². The normalized spacial score (nSPS) is 26.3. The molecule has 0 radical (unpaired) electrons. The molecular weight excluding hydrogens is 114 g/mol. The fraction of sp³-hybridized carbons (Fsp3) is 0.429. The van der Waals surface area contributed by atoms with Crippen molar-refractivity contribution in [1.29, 1.82) is 0 Å². The molecule has 1 aliphatic heterocycles. The van der Waals surface area contributed by atoms with E-state index >= 15 is 0 Å². The zero-order valence-corrected chi connectivity index (χ0v) is 5.72. The van der Waals surface area contributed by atoms with Gasteiger partial charge >= 0.3 is 0 Å². The molecule has 0 saturated heterocycles. The van der Waals surface area contributed by atoms with Crippen molar-refractivity contribution in [3.8, 4) is 0 Å². The monoisotopic (exact) mass is 125 g/mol. The van der Waals surface area contributed by atoms with Gasteiger partial charge < -0.3 is 4.74 Å². The van der Waals surface area contributed by atoms with Crippen molar-refractivity contribution < 1.29 is 4.74 Å². The highest BCUT2D eigenvalue weighted by Crippen LogP contribution is 2.13. The standard InChI is InChI=1S/C7H11NO/c1-5-3-4-9-7(8)6(5)2/h3-4,7H,8H2,1-2H3. The van der Waals surface area contributed by atoms with Crippen LogP contribution in [0, 0.1) is 0 Å². The molecule has 0 aromatic rings. The van der Waals surface area contributed by atoms with E-state index in [1.807, 2.05) is 19.9 Å². The summed E-state index contributed by atoms with van der Waals surface area (Å²) in [4.78, 5) is 0. The SMILES string of the molecule is CC1=C(C)C(N)OC=C1. The zero-order chi connectivity index (χ0) is 6.85. The van der Waals surface area contributed by atoms with Gasteiger partial charge in [0, 0.05) is 0 Å². The lowest BCUT2D eigenvalue weighted by molar-refractivity contribution is 0.177. The summed E-state index contributed by atoms with van der Waals surface area (Å²) in [5, 5.41) is 0. The summed E-state index contributed by atoms with van der Waals surface area (Å²) < 4.78 is 5.00. The Morgan fingerprint density at radius 2 is 2.22 bits per heavy atom. The minimum absolute atomic E-state index is 0.227. The van der Waals surface area contributed by atoms with E-state index in [4.69, 9.17) is 10.5 Å². The summed E-state index contributed by atoms with van der Waals surface area (Å²) in [5.74, 6) is 0. The number of ether oxygens (including phenoxy) is 1. The highest BCUT2D eigenvalue weighted by molar-refractivity contribution is 5.26. The van der Waals surface area contributed by atoms with Crippen LogP contribution < -0.4 is 5.73 Å². The van der Waals surface area contributed by atoms with Gasteiger partial charge in [-0.3, -0.25) is 5.73 Å². The molecule has 1 rings (SSSR count). The molecule has 2 nitrogen and oxygen atoms in total. The summed E-state index contributed by atoms with van der Waals surface area (Å²) in [6.07, 6.45) is 3.32. The molecular formula is C7H11NO. The Kier molecular flexibility index (Phi) is 1.58. The van der Waals surface area contributed by atoms with E-state index in [2.05, 4.69) is 0 Å². The van der Waals surface area contributed by atoms with Gasteiger partial charge in [0.15, 0.2) is 6.23 Å². The molecule has 1 atom stereocenters. The summed E-state index contributed by atoms with van der Waals surface area (Å²) >= 11 is 0. The third kappa shape index (κ3) is 1.13. The summed E-state index contributed by atoms with van der Waals surface area (Å²) in [7, 11) is 0. The van der Waals surface area contributed by atoms with Gasteiger partial charge in [-0.05, 0) is 31.1 Å². The van der Waals surface area contributed by atoms with Gasteiger partial charge in [-0.2, -0.15) is 0 Å². The summed E-state index contributed by atoms with van der Waals surface area (Å²) in [6, 6.07) is 0. The van der Waals surface area contributed by atoms with Crippen LogP contribution in [0.25, 0.3) is 0 Å². The first-order valence-electron chi connectivity index (χ1n) is 2.97. The van der Waals surface area contributed by atoms with Crippen molar-refractivity contribution in [3.05, 3.63) is 23.5 Å². The van der Waals surface area contributed by atoms with Crippen molar-refractivity contribution in [2.75, 3.05) is 0 Å². The fourth-order valence-electron chi connectivity index (χ4n) is 0.684. The first-order chi connectivity index (χ1) is 4.22. The van der Waals surface area contributed by atoms with Crippen LogP contribution in [-0.4, -0.2) is 6.23 Å². The predicted molar refractivity (Wildman–Crippen MR) is 36.6 cm³/mol. The van der Waals surface area contributed by atoms with Gasteiger partial charge in [0.25, 0.3) is 0 Å². The van der Waals surface area contributed by atoms with Crippen molar-refractivity contribution in [2.24, 2.45) is 5.73 Å². The van der Waals surface area contributed by atoms with Gasteiger partial charge in [0.05, 0.1) is 6.26 Å². The minimum Gasteiger partial charge on any atom is -0.479 e. The average Bonchev–Trinajstić information content (AvgIpc) is 1.83. The Balaban J connectivity index is 2.83. The Morgan fingerprint density at radius 1 is 1.56 bits per heavy atom. The highest BCUT2D eigenvalue weighted by Gasteiger charge is 2.08. The third-order valence-corrected chi connectivity index (χ3v) is 1.59. The molecule has 0 fully saturated rings. The molecule has 0 amide bonds. The van der Waals surface area contributed by atoms with E-state index in [1.54, 1.807) is 6.26 Å². The smallest absolute Gasteiger partial charge is 0.169 e. The van der Waals surface area contributed by atoms with Crippen LogP contribution in [0.5, 0.6) is 0 Å². The van der Waals surface area contributed by atoms with Gasteiger partial charge in [0.2, 0.25) is 0 Å². The largest absolute Gasteiger partial charge is 0.479 e. The molecule has 50 valence electrons. The molecule has 0 bridgehead atoms. The molecule has 1 unspecified atom stereocenters. The van der Waals surface area contributed by atoms with E-state index in [-0.39, 0.29) is 6.23 Å². The lowest BCUT2D eigenvalue weighted by Crippen LogP contribution is -2.25. The highest BCUT2D eigenvalue weighted by atomic mass is 16.5. The number of rotatable bonds is 0. The first kappa shape index (κ1) is 6.36. The van der Waals surface area contributed by atoms with Crippen molar-refractivity contribution in [1.82, 2.24) is 0 Å². The number of hydrogen-bond donors (Lipinski definition) is 1. The third-order valence-electron chi connectivity index (χ3n) is 1.59. The second-order valence-corrected chi connectivity index (χ2v) is 2.23. The average molecular weight is 125 g/mol. The second-order valence-electron chi connectivity index (χ2n) is 2.23. The van der Waals surface area contributed by atoms with Gasteiger partial charge in [-0.15, -0.1) is 0 Å². The Morgan fingerprint density at radius 3 is 2.67 bits per heavy atom. The molecule has 0 saturated carbocycles. The van der Waals surface area contributed by atoms with Crippen LogP contribution in [0.15, 0.2) is 23.5 Å². The van der Waals surface area contributed by atoms with E-state index < -0.39 is 0 Å². The maximum atomic E-state index is 5.54. The van der Waals surface area contributed by atoms with E-state index in [0.717, 1.165) is 5.57 Å². The minimum atomic E-state index is -0.227. The van der Waals surface area contributed by atoms with E-state index in [9.17, 15) is 0 Å². The predicted octanol–water partition coefficient (Wildman–Crippen LogP) is 1.15.